The van der Waals surface area contributed by atoms with Crippen LogP contribution in [0.15, 0.2) is 29.2 Å². The predicted molar refractivity (Wildman–Crippen MR) is 79.7 cm³/mol. The average Bonchev–Trinajstić information content (AvgIpc) is 2.36. The number of rotatable bonds is 5. The van der Waals surface area contributed by atoms with Gasteiger partial charge < -0.3 is 15.2 Å². The highest BCUT2D eigenvalue weighted by atomic mass is 32.2. The van der Waals surface area contributed by atoms with E-state index < -0.39 is 33.3 Å². The number of alkyl carbamates (subject to hydrolysis) is 1. The summed E-state index contributed by atoms with van der Waals surface area (Å²) >= 11 is 0. The van der Waals surface area contributed by atoms with E-state index in [1.807, 2.05) is 0 Å². The number of carboxylic acid groups (broad SMARTS) is 1. The second-order valence-electron chi connectivity index (χ2n) is 5.55. The van der Waals surface area contributed by atoms with Crippen molar-refractivity contribution in [3.05, 3.63) is 29.8 Å². The number of aromatic carboxylic acids is 1. The molecule has 0 aromatic heterocycles. The minimum Gasteiger partial charge on any atom is -0.478 e. The van der Waals surface area contributed by atoms with Gasteiger partial charge >= 0.3 is 12.1 Å². The fourth-order valence-electron chi connectivity index (χ4n) is 1.63. The van der Waals surface area contributed by atoms with Crippen molar-refractivity contribution in [3.8, 4) is 0 Å². The molecule has 8 heteroatoms. The Morgan fingerprint density at radius 3 is 2.36 bits per heavy atom. The molecule has 0 heterocycles. The first kappa shape index (κ1) is 18.0. The fourth-order valence-corrected chi connectivity index (χ4v) is 2.99. The van der Waals surface area contributed by atoms with E-state index in [-0.39, 0.29) is 17.0 Å². The van der Waals surface area contributed by atoms with Crippen LogP contribution in [0.1, 0.15) is 31.1 Å². The van der Waals surface area contributed by atoms with Crippen LogP contribution >= 0.6 is 0 Å². The molecule has 0 spiro atoms. The van der Waals surface area contributed by atoms with Gasteiger partial charge in [-0.25, -0.2) is 18.0 Å². The van der Waals surface area contributed by atoms with Gasteiger partial charge in [0.2, 0.25) is 0 Å². The first-order valence-electron chi connectivity index (χ1n) is 6.55. The van der Waals surface area contributed by atoms with Crippen LogP contribution in [0, 0.1) is 0 Å². The highest BCUT2D eigenvalue weighted by Crippen LogP contribution is 2.16. The molecule has 22 heavy (non-hydrogen) atoms. The van der Waals surface area contributed by atoms with Crippen molar-refractivity contribution in [2.24, 2.45) is 0 Å². The number of nitrogens with one attached hydrogen (secondary N) is 1. The maximum Gasteiger partial charge on any atom is 0.407 e. The Labute approximate surface area is 129 Å². The molecule has 0 aliphatic heterocycles. The summed E-state index contributed by atoms with van der Waals surface area (Å²) in [5, 5.41) is 11.3. The van der Waals surface area contributed by atoms with E-state index in [4.69, 9.17) is 9.84 Å². The van der Waals surface area contributed by atoms with Crippen molar-refractivity contribution in [2.45, 2.75) is 31.3 Å². The fraction of sp³-hybridized carbons (Fsp3) is 0.429. The standard InChI is InChI=1S/C14H19NO6S/c1-14(2,3)21-13(18)15-8-9-22(19,20)11-7-5-4-6-10(11)12(16)17/h4-7H,8-9H2,1-3H3,(H,15,18)(H,16,17). The summed E-state index contributed by atoms with van der Waals surface area (Å²) in [4.78, 5) is 22.2. The van der Waals surface area contributed by atoms with Crippen molar-refractivity contribution in [1.29, 1.82) is 0 Å². The van der Waals surface area contributed by atoms with Crippen LogP contribution in [0.3, 0.4) is 0 Å². The van der Waals surface area contributed by atoms with Crippen molar-refractivity contribution in [2.75, 3.05) is 12.3 Å². The monoisotopic (exact) mass is 329 g/mol. The molecule has 1 rings (SSSR count). The van der Waals surface area contributed by atoms with E-state index >= 15 is 0 Å². The number of carbonyl (C=O) groups excluding carboxylic acids is 1. The summed E-state index contributed by atoms with van der Waals surface area (Å²) < 4.78 is 29.3. The number of hydrogen-bond acceptors (Lipinski definition) is 5. The lowest BCUT2D eigenvalue weighted by Gasteiger charge is -2.19. The number of hydrogen-bond donors (Lipinski definition) is 2. The Kier molecular flexibility index (Phi) is 5.54. The van der Waals surface area contributed by atoms with Crippen LogP contribution in [-0.4, -0.2) is 43.5 Å². The molecule has 7 nitrogen and oxygen atoms in total. The average molecular weight is 329 g/mol. The molecule has 0 unspecified atom stereocenters. The lowest BCUT2D eigenvalue weighted by atomic mass is 10.2. The summed E-state index contributed by atoms with van der Waals surface area (Å²) in [6.07, 6.45) is -0.728. The Balaban J connectivity index is 2.74. The van der Waals surface area contributed by atoms with Crippen LogP contribution in [0.5, 0.6) is 0 Å². The summed E-state index contributed by atoms with van der Waals surface area (Å²) in [6.45, 7) is 4.89. The van der Waals surface area contributed by atoms with E-state index in [9.17, 15) is 18.0 Å². The van der Waals surface area contributed by atoms with Crippen molar-refractivity contribution in [1.82, 2.24) is 5.32 Å². The van der Waals surface area contributed by atoms with E-state index in [1.54, 1.807) is 20.8 Å². The zero-order valence-electron chi connectivity index (χ0n) is 12.6. The number of amides is 1. The van der Waals surface area contributed by atoms with Crippen LogP contribution in [0.2, 0.25) is 0 Å². The molecule has 0 radical (unpaired) electrons. The number of ether oxygens (including phenoxy) is 1. The summed E-state index contributed by atoms with van der Waals surface area (Å²) in [5.74, 6) is -1.74. The lowest BCUT2D eigenvalue weighted by Crippen LogP contribution is -2.35. The molecule has 0 aliphatic carbocycles. The first-order valence-corrected chi connectivity index (χ1v) is 8.20. The van der Waals surface area contributed by atoms with Gasteiger partial charge in [-0.05, 0) is 32.9 Å². The van der Waals surface area contributed by atoms with Gasteiger partial charge in [-0.3, -0.25) is 0 Å². The van der Waals surface area contributed by atoms with Gasteiger partial charge in [0.1, 0.15) is 5.60 Å². The second-order valence-corrected chi connectivity index (χ2v) is 7.63. The molecular weight excluding hydrogens is 310 g/mol. The largest absolute Gasteiger partial charge is 0.478 e. The normalized spacial score (nSPS) is 11.8. The Bertz CT molecular complexity index is 660. The summed E-state index contributed by atoms with van der Waals surface area (Å²) in [5.41, 5.74) is -0.974. The Morgan fingerprint density at radius 1 is 1.23 bits per heavy atom. The molecule has 1 aromatic rings. The number of carbonyl (C=O) groups is 2. The lowest BCUT2D eigenvalue weighted by molar-refractivity contribution is 0.0530. The second kappa shape index (κ2) is 6.78. The van der Waals surface area contributed by atoms with Crippen LogP contribution in [0.4, 0.5) is 4.79 Å². The first-order chi connectivity index (χ1) is 10.0. The molecule has 0 aliphatic rings. The van der Waals surface area contributed by atoms with E-state index in [0.717, 1.165) is 0 Å². The Hall–Kier alpha value is -2.09. The van der Waals surface area contributed by atoms with Gasteiger partial charge in [0.25, 0.3) is 0 Å². The van der Waals surface area contributed by atoms with Crippen LogP contribution < -0.4 is 5.32 Å². The molecule has 0 bridgehead atoms. The Morgan fingerprint density at radius 2 is 1.82 bits per heavy atom. The van der Waals surface area contributed by atoms with Gasteiger partial charge in [-0.1, -0.05) is 12.1 Å². The van der Waals surface area contributed by atoms with Gasteiger partial charge in [-0.15, -0.1) is 0 Å². The molecular formula is C14H19NO6S. The van der Waals surface area contributed by atoms with Gasteiger partial charge in [0.05, 0.1) is 16.2 Å². The zero-order valence-corrected chi connectivity index (χ0v) is 13.4. The third-order valence-electron chi connectivity index (χ3n) is 2.49. The van der Waals surface area contributed by atoms with E-state index in [2.05, 4.69) is 5.32 Å². The highest BCUT2D eigenvalue weighted by Gasteiger charge is 2.22. The van der Waals surface area contributed by atoms with Crippen molar-refractivity contribution < 1.29 is 27.9 Å². The van der Waals surface area contributed by atoms with Gasteiger partial charge in [0.15, 0.2) is 9.84 Å². The van der Waals surface area contributed by atoms with Gasteiger partial charge in [0, 0.05) is 6.54 Å². The topological polar surface area (TPSA) is 110 Å². The smallest absolute Gasteiger partial charge is 0.407 e. The predicted octanol–water partition coefficient (Wildman–Crippen LogP) is 1.68. The molecule has 1 amide bonds. The van der Waals surface area contributed by atoms with E-state index in [1.165, 1.54) is 24.3 Å². The zero-order chi connectivity index (χ0) is 17.0. The quantitative estimate of drug-likeness (QED) is 0.850. The molecule has 0 saturated heterocycles. The summed E-state index contributed by atoms with van der Waals surface area (Å²) in [6, 6.07) is 5.34. The third-order valence-corrected chi connectivity index (χ3v) is 4.26. The molecule has 0 atom stereocenters. The molecule has 0 fully saturated rings. The number of sulfone groups is 1. The van der Waals surface area contributed by atoms with Crippen molar-refractivity contribution in [3.63, 3.8) is 0 Å². The van der Waals surface area contributed by atoms with Gasteiger partial charge in [-0.2, -0.15) is 0 Å². The number of carboxylic acids is 1. The minimum atomic E-state index is -3.83. The minimum absolute atomic E-state index is 0.175. The van der Waals surface area contributed by atoms with Crippen molar-refractivity contribution >= 4 is 21.9 Å². The molecule has 0 saturated carbocycles. The molecule has 1 aromatic carbocycles. The van der Waals surface area contributed by atoms with Crippen LogP contribution in [-0.2, 0) is 14.6 Å². The van der Waals surface area contributed by atoms with Crippen LogP contribution in [0.25, 0.3) is 0 Å². The third kappa shape index (κ3) is 5.36. The maximum atomic E-state index is 12.2. The number of benzene rings is 1. The van der Waals surface area contributed by atoms with E-state index in [0.29, 0.717) is 0 Å². The SMILES string of the molecule is CC(C)(C)OC(=O)NCCS(=O)(=O)c1ccccc1C(=O)O. The summed E-state index contributed by atoms with van der Waals surface area (Å²) in [7, 11) is -3.83. The highest BCUT2D eigenvalue weighted by molar-refractivity contribution is 7.91. The molecule has 122 valence electrons. The molecule has 2 N–H and O–H groups in total. The maximum absolute atomic E-state index is 12.2.